The fourth-order valence-electron chi connectivity index (χ4n) is 2.63. The summed E-state index contributed by atoms with van der Waals surface area (Å²) in [5.41, 5.74) is 6.26. The van der Waals surface area contributed by atoms with Crippen LogP contribution in [0.25, 0.3) is 0 Å². The smallest absolute Gasteiger partial charge is 0.318 e. The molecule has 138 valence electrons. The fraction of sp³-hybridized carbons (Fsp3) is 0.500. The van der Waals surface area contributed by atoms with Crippen molar-refractivity contribution in [3.63, 3.8) is 0 Å². The van der Waals surface area contributed by atoms with Crippen LogP contribution in [0.3, 0.4) is 0 Å². The number of primary amides is 1. The number of urea groups is 1. The van der Waals surface area contributed by atoms with E-state index in [2.05, 4.69) is 10.6 Å². The van der Waals surface area contributed by atoms with Gasteiger partial charge in [0.15, 0.2) is 0 Å². The molecule has 0 aliphatic carbocycles. The molecule has 1 rings (SSSR count). The summed E-state index contributed by atoms with van der Waals surface area (Å²) in [6, 6.07) is 8.16. The molecule has 0 radical (unpaired) electrons. The number of hydrogen-bond acceptors (Lipinski definition) is 3. The molecule has 1 atom stereocenters. The number of amides is 4. The van der Waals surface area contributed by atoms with Crippen molar-refractivity contribution in [3.8, 4) is 0 Å². The van der Waals surface area contributed by atoms with Gasteiger partial charge < -0.3 is 21.3 Å². The Morgan fingerprint density at radius 1 is 1.04 bits per heavy atom. The van der Waals surface area contributed by atoms with Crippen molar-refractivity contribution in [2.75, 3.05) is 6.54 Å². The highest BCUT2D eigenvalue weighted by atomic mass is 16.2. The van der Waals surface area contributed by atoms with Gasteiger partial charge in [-0.05, 0) is 33.3 Å². The highest BCUT2D eigenvalue weighted by molar-refractivity contribution is 5.89. The third-order valence-corrected chi connectivity index (χ3v) is 3.71. The Bertz CT molecular complexity index is 579. The molecule has 0 saturated heterocycles. The van der Waals surface area contributed by atoms with E-state index in [9.17, 15) is 14.4 Å². The van der Waals surface area contributed by atoms with Gasteiger partial charge in [0.05, 0.1) is 6.54 Å². The SMILES string of the molecule is CC(C)N(C(=O)NCC(=O)N[C@@H](Cc1ccccc1)C(N)=O)C(C)C. The van der Waals surface area contributed by atoms with E-state index < -0.39 is 17.9 Å². The molecule has 0 fully saturated rings. The van der Waals surface area contributed by atoms with Crippen LogP contribution in [-0.4, -0.2) is 47.4 Å². The molecule has 0 heterocycles. The lowest BCUT2D eigenvalue weighted by Gasteiger charge is -2.30. The predicted molar refractivity (Wildman–Crippen MR) is 96.8 cm³/mol. The summed E-state index contributed by atoms with van der Waals surface area (Å²) in [5.74, 6) is -1.07. The van der Waals surface area contributed by atoms with Crippen molar-refractivity contribution in [3.05, 3.63) is 35.9 Å². The maximum Gasteiger partial charge on any atom is 0.318 e. The molecule has 0 aliphatic heterocycles. The zero-order valence-electron chi connectivity index (χ0n) is 15.3. The number of nitrogens with one attached hydrogen (secondary N) is 2. The zero-order chi connectivity index (χ0) is 19.0. The van der Waals surface area contributed by atoms with Gasteiger partial charge in [0.25, 0.3) is 0 Å². The topological polar surface area (TPSA) is 105 Å². The van der Waals surface area contributed by atoms with Gasteiger partial charge in [-0.2, -0.15) is 0 Å². The van der Waals surface area contributed by atoms with Gasteiger partial charge in [0.2, 0.25) is 11.8 Å². The van der Waals surface area contributed by atoms with E-state index in [1.54, 1.807) is 4.90 Å². The second-order valence-corrected chi connectivity index (χ2v) is 6.47. The number of rotatable bonds is 8. The number of nitrogens with two attached hydrogens (primary N) is 1. The van der Waals surface area contributed by atoms with Gasteiger partial charge in [0.1, 0.15) is 6.04 Å². The molecule has 7 nitrogen and oxygen atoms in total. The molecule has 0 unspecified atom stereocenters. The van der Waals surface area contributed by atoms with Crippen LogP contribution in [-0.2, 0) is 16.0 Å². The first-order valence-corrected chi connectivity index (χ1v) is 8.41. The second kappa shape index (κ2) is 9.66. The Kier molecular flexibility index (Phi) is 7.91. The number of nitrogens with zero attached hydrogens (tertiary/aromatic N) is 1. The van der Waals surface area contributed by atoms with E-state index >= 15 is 0 Å². The third kappa shape index (κ3) is 6.82. The van der Waals surface area contributed by atoms with Crippen molar-refractivity contribution in [1.29, 1.82) is 0 Å². The molecular weight excluding hydrogens is 320 g/mol. The fourth-order valence-corrected chi connectivity index (χ4v) is 2.63. The summed E-state index contributed by atoms with van der Waals surface area (Å²) in [4.78, 5) is 37.5. The maximum absolute atomic E-state index is 12.2. The van der Waals surface area contributed by atoms with Gasteiger partial charge in [0, 0.05) is 18.5 Å². The zero-order valence-corrected chi connectivity index (χ0v) is 15.3. The predicted octanol–water partition coefficient (Wildman–Crippen LogP) is 1.03. The largest absolute Gasteiger partial charge is 0.368 e. The van der Waals surface area contributed by atoms with Crippen molar-refractivity contribution in [1.82, 2.24) is 15.5 Å². The molecule has 25 heavy (non-hydrogen) atoms. The molecule has 0 bridgehead atoms. The highest BCUT2D eigenvalue weighted by Crippen LogP contribution is 2.05. The Hall–Kier alpha value is -2.57. The van der Waals surface area contributed by atoms with Crippen molar-refractivity contribution >= 4 is 17.8 Å². The van der Waals surface area contributed by atoms with Gasteiger partial charge in [-0.25, -0.2) is 4.79 Å². The summed E-state index contributed by atoms with van der Waals surface area (Å²) >= 11 is 0. The third-order valence-electron chi connectivity index (χ3n) is 3.71. The van der Waals surface area contributed by atoms with Crippen molar-refractivity contribution in [2.24, 2.45) is 5.73 Å². The second-order valence-electron chi connectivity index (χ2n) is 6.47. The average molecular weight is 348 g/mol. The van der Waals surface area contributed by atoms with Crippen LogP contribution in [0.15, 0.2) is 30.3 Å². The van der Waals surface area contributed by atoms with E-state index in [0.717, 1.165) is 5.56 Å². The van der Waals surface area contributed by atoms with Crippen LogP contribution in [0.1, 0.15) is 33.3 Å². The summed E-state index contributed by atoms with van der Waals surface area (Å²) in [6.07, 6.45) is 0.306. The minimum Gasteiger partial charge on any atom is -0.368 e. The first-order valence-electron chi connectivity index (χ1n) is 8.41. The lowest BCUT2D eigenvalue weighted by atomic mass is 10.1. The standard InChI is InChI=1S/C18H28N4O3/c1-12(2)22(13(3)4)18(25)20-11-16(23)21-15(17(19)24)10-14-8-6-5-7-9-14/h5-9,12-13,15H,10-11H2,1-4H3,(H2,19,24)(H,20,25)(H,21,23)/t15-/m0/s1. The molecule has 1 aromatic carbocycles. The molecule has 0 aromatic heterocycles. The number of hydrogen-bond donors (Lipinski definition) is 3. The van der Waals surface area contributed by atoms with Crippen LogP contribution < -0.4 is 16.4 Å². The van der Waals surface area contributed by atoms with Crippen LogP contribution in [0, 0.1) is 0 Å². The summed E-state index contributed by atoms with van der Waals surface area (Å²) < 4.78 is 0. The van der Waals surface area contributed by atoms with E-state index in [4.69, 9.17) is 5.73 Å². The van der Waals surface area contributed by atoms with Crippen LogP contribution in [0.5, 0.6) is 0 Å². The molecular formula is C18H28N4O3. The highest BCUT2D eigenvalue weighted by Gasteiger charge is 2.22. The minimum absolute atomic E-state index is 0.0134. The summed E-state index contributed by atoms with van der Waals surface area (Å²) in [6.45, 7) is 7.41. The lowest BCUT2D eigenvalue weighted by molar-refractivity contribution is -0.126. The Morgan fingerprint density at radius 2 is 1.60 bits per heavy atom. The summed E-state index contributed by atoms with van der Waals surface area (Å²) in [7, 11) is 0. The molecule has 1 aromatic rings. The normalized spacial score (nSPS) is 11.9. The van der Waals surface area contributed by atoms with Crippen LogP contribution in [0.2, 0.25) is 0 Å². The molecule has 0 saturated carbocycles. The Labute approximate surface area is 148 Å². The van der Waals surface area contributed by atoms with Gasteiger partial charge >= 0.3 is 6.03 Å². The molecule has 4 N–H and O–H groups in total. The first kappa shape index (κ1) is 20.5. The van der Waals surface area contributed by atoms with Crippen molar-refractivity contribution < 1.29 is 14.4 Å². The van der Waals surface area contributed by atoms with Crippen LogP contribution in [0.4, 0.5) is 4.79 Å². The number of benzene rings is 1. The number of carbonyl (C=O) groups excluding carboxylic acids is 3. The van der Waals surface area contributed by atoms with Crippen molar-refractivity contribution in [2.45, 2.75) is 52.2 Å². The van der Waals surface area contributed by atoms with E-state index in [-0.39, 0.29) is 24.7 Å². The first-order chi connectivity index (χ1) is 11.7. The minimum atomic E-state index is -0.821. The Balaban J connectivity index is 2.58. The lowest BCUT2D eigenvalue weighted by Crippen LogP contribution is -2.52. The molecule has 0 aliphatic rings. The van der Waals surface area contributed by atoms with E-state index in [0.29, 0.717) is 6.42 Å². The summed E-state index contributed by atoms with van der Waals surface area (Å²) in [5, 5.41) is 5.15. The van der Waals surface area contributed by atoms with Crippen LogP contribution >= 0.6 is 0 Å². The van der Waals surface area contributed by atoms with E-state index in [1.165, 1.54) is 0 Å². The maximum atomic E-state index is 12.2. The Morgan fingerprint density at radius 3 is 2.08 bits per heavy atom. The molecule has 4 amide bonds. The quantitative estimate of drug-likeness (QED) is 0.653. The monoisotopic (exact) mass is 348 g/mol. The van der Waals surface area contributed by atoms with Gasteiger partial charge in [-0.15, -0.1) is 0 Å². The molecule has 0 spiro atoms. The van der Waals surface area contributed by atoms with Gasteiger partial charge in [-0.3, -0.25) is 9.59 Å². The number of carbonyl (C=O) groups is 3. The van der Waals surface area contributed by atoms with Gasteiger partial charge in [-0.1, -0.05) is 30.3 Å². The van der Waals surface area contributed by atoms with E-state index in [1.807, 2.05) is 58.0 Å². The average Bonchev–Trinajstić information content (AvgIpc) is 2.52. The molecule has 7 heteroatoms.